The van der Waals surface area contributed by atoms with Crippen LogP contribution in [0.3, 0.4) is 0 Å². The second-order valence-electron chi connectivity index (χ2n) is 10.9. The molecule has 0 radical (unpaired) electrons. The molecule has 1 aromatic heterocycles. The summed E-state index contributed by atoms with van der Waals surface area (Å²) in [6.45, 7) is 6.54. The van der Waals surface area contributed by atoms with Gasteiger partial charge < -0.3 is 23.7 Å². The number of nitrogens with zero attached hydrogens (tertiary/aromatic N) is 3. The van der Waals surface area contributed by atoms with E-state index in [9.17, 15) is 4.79 Å². The number of para-hydroxylation sites is 1. The smallest absolute Gasteiger partial charge is 0.282 e. The molecule has 230 valence electrons. The third-order valence-electron chi connectivity index (χ3n) is 7.59. The number of rotatable bonds is 9. The maximum atomic E-state index is 14.0. The largest absolute Gasteiger partial charge is 0.496 e. The Labute approximate surface area is 265 Å². The summed E-state index contributed by atoms with van der Waals surface area (Å²) in [5.41, 5.74) is 4.29. The first kappa shape index (κ1) is 30.0. The van der Waals surface area contributed by atoms with Gasteiger partial charge in [0.15, 0.2) is 28.8 Å². The number of fused-ring (bicyclic) bond motifs is 2. The Morgan fingerprint density at radius 1 is 1.00 bits per heavy atom. The zero-order valence-electron chi connectivity index (χ0n) is 25.6. The molecule has 0 bridgehead atoms. The summed E-state index contributed by atoms with van der Waals surface area (Å²) in [6, 6.07) is 20.2. The van der Waals surface area contributed by atoms with Gasteiger partial charge in [-0.3, -0.25) is 4.79 Å². The summed E-state index contributed by atoms with van der Waals surface area (Å²) < 4.78 is 29.8. The lowest BCUT2D eigenvalue weighted by Gasteiger charge is -2.17. The molecule has 0 atom stereocenters. The van der Waals surface area contributed by atoms with Crippen LogP contribution in [0.4, 0.5) is 0 Å². The molecule has 0 aliphatic carbocycles. The van der Waals surface area contributed by atoms with Crippen molar-refractivity contribution >= 4 is 28.7 Å². The maximum Gasteiger partial charge on any atom is 0.282 e. The van der Waals surface area contributed by atoms with Crippen molar-refractivity contribution in [2.24, 2.45) is 5.10 Å². The molecule has 0 amide bonds. The maximum absolute atomic E-state index is 14.0. The zero-order chi connectivity index (χ0) is 31.7. The van der Waals surface area contributed by atoms with E-state index in [4.69, 9.17) is 45.4 Å². The third-order valence-corrected chi connectivity index (χ3v) is 7.81. The normalized spacial score (nSPS) is 12.3. The van der Waals surface area contributed by atoms with Gasteiger partial charge in [-0.1, -0.05) is 43.6 Å². The van der Waals surface area contributed by atoms with Gasteiger partial charge in [-0.2, -0.15) is 9.78 Å². The molecule has 2 heterocycles. The molecule has 0 saturated carbocycles. The standard InChI is InChI=1S/C35H32ClN3O6/c1-20(2)26-16-27(21(3)12-30(26)41-4)34-38-28-9-7-6-8-25(28)35(40)39(34)37-17-23-14-24(36)15-32(42-5)33(23)43-18-22-10-11-29-31(13-22)45-19-44-29/h6-17,20H,18-19H2,1-5H3. The average Bonchev–Trinajstić information content (AvgIpc) is 3.51. The van der Waals surface area contributed by atoms with Gasteiger partial charge >= 0.3 is 0 Å². The Hall–Kier alpha value is -5.02. The summed E-state index contributed by atoms with van der Waals surface area (Å²) in [5.74, 6) is 3.52. The summed E-state index contributed by atoms with van der Waals surface area (Å²) in [4.78, 5) is 18.9. The van der Waals surface area contributed by atoms with Crippen molar-refractivity contribution in [2.75, 3.05) is 21.0 Å². The molecular weight excluding hydrogens is 594 g/mol. The zero-order valence-corrected chi connectivity index (χ0v) is 26.3. The molecule has 10 heteroatoms. The number of halogens is 1. The molecule has 5 aromatic rings. The van der Waals surface area contributed by atoms with Crippen molar-refractivity contribution in [1.82, 2.24) is 9.66 Å². The SMILES string of the molecule is COc1cc(C)c(-c2nc3ccccc3c(=O)n2N=Cc2cc(Cl)cc(OC)c2OCc2ccc3c(c2)OCO3)cc1C(C)C. The summed E-state index contributed by atoms with van der Waals surface area (Å²) in [7, 11) is 3.19. The Morgan fingerprint density at radius 3 is 2.56 bits per heavy atom. The second-order valence-corrected chi connectivity index (χ2v) is 11.3. The average molecular weight is 626 g/mol. The third kappa shape index (κ3) is 5.91. The van der Waals surface area contributed by atoms with Crippen LogP contribution in [0.25, 0.3) is 22.3 Å². The lowest BCUT2D eigenvalue weighted by molar-refractivity contribution is 0.174. The number of aryl methyl sites for hydroxylation is 1. The minimum Gasteiger partial charge on any atom is -0.496 e. The molecule has 0 saturated heterocycles. The number of hydrogen-bond acceptors (Lipinski definition) is 8. The number of ether oxygens (including phenoxy) is 5. The molecule has 1 aliphatic heterocycles. The van der Waals surface area contributed by atoms with Gasteiger partial charge in [-0.05, 0) is 72.0 Å². The predicted octanol–water partition coefficient (Wildman–Crippen LogP) is 7.36. The van der Waals surface area contributed by atoms with Gasteiger partial charge in [-0.25, -0.2) is 4.98 Å². The number of aromatic nitrogens is 2. The van der Waals surface area contributed by atoms with E-state index in [-0.39, 0.29) is 24.9 Å². The first-order valence-electron chi connectivity index (χ1n) is 14.4. The van der Waals surface area contributed by atoms with Crippen LogP contribution in [0.2, 0.25) is 5.02 Å². The van der Waals surface area contributed by atoms with Gasteiger partial charge in [0.05, 0.1) is 31.3 Å². The fraction of sp³-hybridized carbons (Fsp3) is 0.229. The van der Waals surface area contributed by atoms with Gasteiger partial charge in [0.25, 0.3) is 5.56 Å². The molecule has 45 heavy (non-hydrogen) atoms. The molecule has 0 spiro atoms. The fourth-order valence-corrected chi connectivity index (χ4v) is 5.49. The first-order chi connectivity index (χ1) is 21.8. The van der Waals surface area contributed by atoms with E-state index in [2.05, 4.69) is 13.8 Å². The second kappa shape index (κ2) is 12.5. The minimum absolute atomic E-state index is 0.173. The summed E-state index contributed by atoms with van der Waals surface area (Å²) >= 11 is 6.48. The number of hydrogen-bond donors (Lipinski definition) is 0. The van der Waals surface area contributed by atoms with Crippen LogP contribution in [-0.4, -0.2) is 36.9 Å². The van der Waals surface area contributed by atoms with E-state index in [1.165, 1.54) is 18.0 Å². The number of methoxy groups -OCH3 is 2. The van der Waals surface area contributed by atoms with Crippen molar-refractivity contribution < 1.29 is 23.7 Å². The van der Waals surface area contributed by atoms with Crippen LogP contribution >= 0.6 is 11.6 Å². The van der Waals surface area contributed by atoms with Crippen LogP contribution in [0.15, 0.2) is 76.6 Å². The molecule has 0 fully saturated rings. The highest BCUT2D eigenvalue weighted by Gasteiger charge is 2.20. The predicted molar refractivity (Wildman–Crippen MR) is 175 cm³/mol. The lowest BCUT2D eigenvalue weighted by Crippen LogP contribution is -2.21. The highest BCUT2D eigenvalue weighted by Crippen LogP contribution is 2.37. The quantitative estimate of drug-likeness (QED) is 0.158. The Bertz CT molecular complexity index is 2000. The molecular formula is C35H32ClN3O6. The van der Waals surface area contributed by atoms with Gasteiger partial charge in [-0.15, -0.1) is 0 Å². The molecule has 0 unspecified atom stereocenters. The number of benzene rings is 4. The summed E-state index contributed by atoms with van der Waals surface area (Å²) in [6.07, 6.45) is 1.53. The van der Waals surface area contributed by atoms with Crippen LogP contribution in [0.1, 0.15) is 42.0 Å². The van der Waals surface area contributed by atoms with Crippen molar-refractivity contribution in [3.8, 4) is 40.1 Å². The van der Waals surface area contributed by atoms with Crippen molar-refractivity contribution in [2.45, 2.75) is 33.3 Å². The topological polar surface area (TPSA) is 93.4 Å². The van der Waals surface area contributed by atoms with Crippen LogP contribution in [0, 0.1) is 6.92 Å². The van der Waals surface area contributed by atoms with Crippen LogP contribution in [0.5, 0.6) is 28.7 Å². The Kier molecular flexibility index (Phi) is 8.36. The lowest BCUT2D eigenvalue weighted by atomic mass is 9.96. The highest BCUT2D eigenvalue weighted by molar-refractivity contribution is 6.31. The fourth-order valence-electron chi connectivity index (χ4n) is 5.27. The molecule has 9 nitrogen and oxygen atoms in total. The van der Waals surface area contributed by atoms with E-state index in [1.807, 2.05) is 49.4 Å². The molecule has 0 N–H and O–H groups in total. The van der Waals surface area contributed by atoms with E-state index < -0.39 is 0 Å². The Morgan fingerprint density at radius 2 is 1.78 bits per heavy atom. The van der Waals surface area contributed by atoms with Crippen LogP contribution < -0.4 is 29.2 Å². The Balaban J connectivity index is 1.47. The minimum atomic E-state index is -0.315. The van der Waals surface area contributed by atoms with E-state index >= 15 is 0 Å². The van der Waals surface area contributed by atoms with Gasteiger partial charge in [0.2, 0.25) is 6.79 Å². The van der Waals surface area contributed by atoms with Crippen molar-refractivity contribution in [1.29, 1.82) is 0 Å². The van der Waals surface area contributed by atoms with E-state index in [1.54, 1.807) is 31.4 Å². The summed E-state index contributed by atoms with van der Waals surface area (Å²) in [5, 5.41) is 5.55. The van der Waals surface area contributed by atoms with Gasteiger partial charge in [0, 0.05) is 22.2 Å². The molecule has 4 aromatic carbocycles. The molecule has 6 rings (SSSR count). The van der Waals surface area contributed by atoms with Crippen molar-refractivity contribution in [3.63, 3.8) is 0 Å². The van der Waals surface area contributed by atoms with E-state index in [0.717, 1.165) is 28.0 Å². The van der Waals surface area contributed by atoms with Crippen molar-refractivity contribution in [3.05, 3.63) is 104 Å². The first-order valence-corrected chi connectivity index (χ1v) is 14.8. The van der Waals surface area contributed by atoms with Crippen LogP contribution in [-0.2, 0) is 6.61 Å². The monoisotopic (exact) mass is 625 g/mol. The van der Waals surface area contributed by atoms with E-state index in [0.29, 0.717) is 50.3 Å². The van der Waals surface area contributed by atoms with Gasteiger partial charge in [0.1, 0.15) is 12.4 Å². The highest BCUT2D eigenvalue weighted by atomic mass is 35.5. The molecule has 1 aliphatic rings.